The normalized spacial score (nSPS) is 11.8. The summed E-state index contributed by atoms with van der Waals surface area (Å²) >= 11 is 3.14. The Balaban J connectivity index is 1.85. The van der Waals surface area contributed by atoms with Gasteiger partial charge in [0.15, 0.2) is 0 Å². The van der Waals surface area contributed by atoms with Crippen LogP contribution in [0, 0.1) is 10.1 Å². The van der Waals surface area contributed by atoms with E-state index in [1.54, 1.807) is 37.7 Å². The molecule has 164 valence electrons. The predicted molar refractivity (Wildman–Crippen MR) is 127 cm³/mol. The molecule has 2 aromatic carbocycles. The lowest BCUT2D eigenvalue weighted by Crippen LogP contribution is -2.18. The number of nitrogens with two attached hydrogens (primary N) is 1. The molecule has 0 bridgehead atoms. The summed E-state index contributed by atoms with van der Waals surface area (Å²) in [5, 5.41) is 14.0. The Morgan fingerprint density at radius 1 is 1.12 bits per heavy atom. The Morgan fingerprint density at radius 2 is 1.91 bits per heavy atom. The van der Waals surface area contributed by atoms with Crippen LogP contribution in [0.25, 0.3) is 9.75 Å². The summed E-state index contributed by atoms with van der Waals surface area (Å²) in [6.07, 6.45) is 0.488. The number of rotatable bonds is 8. The Kier molecular flexibility index (Phi) is 6.38. The van der Waals surface area contributed by atoms with Crippen molar-refractivity contribution in [3.8, 4) is 21.3 Å². The van der Waals surface area contributed by atoms with Gasteiger partial charge in [0, 0.05) is 22.6 Å². The topological polar surface area (TPSA) is 102 Å². The van der Waals surface area contributed by atoms with Gasteiger partial charge in [0.05, 0.1) is 29.9 Å². The molecule has 1 unspecified atom stereocenters. The van der Waals surface area contributed by atoms with Gasteiger partial charge < -0.3 is 9.47 Å². The van der Waals surface area contributed by atoms with Crippen molar-refractivity contribution in [3.63, 3.8) is 0 Å². The third kappa shape index (κ3) is 4.44. The number of benzene rings is 2. The number of aromatic nitrogens is 1. The van der Waals surface area contributed by atoms with Crippen molar-refractivity contribution in [2.75, 3.05) is 20.0 Å². The number of nitrogens with zero attached hydrogens (tertiary/aromatic N) is 1. The largest absolute Gasteiger partial charge is 0.497 e. The number of nitro groups is 1. The van der Waals surface area contributed by atoms with Gasteiger partial charge in [-0.3, -0.25) is 15.8 Å². The maximum absolute atomic E-state index is 11.4. The molecule has 7 nitrogen and oxygen atoms in total. The van der Waals surface area contributed by atoms with Crippen LogP contribution in [-0.2, 0) is 6.42 Å². The maximum atomic E-state index is 11.4. The highest BCUT2D eigenvalue weighted by molar-refractivity contribution is 7.23. The minimum absolute atomic E-state index is 0.0292. The second-order valence-corrected chi connectivity index (χ2v) is 9.09. The molecule has 0 spiro atoms. The minimum atomic E-state index is -0.392. The van der Waals surface area contributed by atoms with Gasteiger partial charge in [-0.1, -0.05) is 18.2 Å². The van der Waals surface area contributed by atoms with E-state index in [1.807, 2.05) is 35.7 Å². The number of nitrogen functional groups attached to an aromatic ring is 1. The van der Waals surface area contributed by atoms with Gasteiger partial charge >= 0.3 is 5.13 Å². The first-order valence-corrected chi connectivity index (χ1v) is 11.5. The summed E-state index contributed by atoms with van der Waals surface area (Å²) in [5.41, 5.74) is 8.97. The highest BCUT2D eigenvalue weighted by atomic mass is 32.1. The lowest BCUT2D eigenvalue weighted by Gasteiger charge is -2.18. The molecule has 0 radical (unpaired) electrons. The van der Waals surface area contributed by atoms with E-state index in [-0.39, 0.29) is 11.6 Å². The molecule has 0 amide bonds. The second kappa shape index (κ2) is 9.37. The predicted octanol–water partition coefficient (Wildman–Crippen LogP) is 5.17. The van der Waals surface area contributed by atoms with Crippen molar-refractivity contribution in [1.29, 1.82) is 0 Å². The second-order valence-electron chi connectivity index (χ2n) is 7.09. The van der Waals surface area contributed by atoms with Crippen molar-refractivity contribution in [1.82, 2.24) is 0 Å². The van der Waals surface area contributed by atoms with Crippen LogP contribution in [-0.4, -0.2) is 19.1 Å². The number of hydrogen-bond donors (Lipinski definition) is 1. The summed E-state index contributed by atoms with van der Waals surface area (Å²) in [5.74, 6) is 1.23. The number of nitro benzene ring substituents is 1. The molecule has 0 saturated carbocycles. The van der Waals surface area contributed by atoms with E-state index in [0.717, 1.165) is 32.3 Å². The first-order valence-electron chi connectivity index (χ1n) is 9.80. The molecule has 9 heteroatoms. The fourth-order valence-corrected chi connectivity index (χ4v) is 5.50. The highest BCUT2D eigenvalue weighted by Crippen LogP contribution is 2.41. The number of nitrogens with one attached hydrogen (secondary N) is 1. The van der Waals surface area contributed by atoms with Gasteiger partial charge in [0.1, 0.15) is 17.2 Å². The molecule has 0 aliphatic heterocycles. The van der Waals surface area contributed by atoms with Crippen LogP contribution < -0.4 is 20.2 Å². The maximum Gasteiger partial charge on any atom is 0.330 e. The zero-order valence-electron chi connectivity index (χ0n) is 17.5. The van der Waals surface area contributed by atoms with Crippen molar-refractivity contribution in [2.45, 2.75) is 12.3 Å². The van der Waals surface area contributed by atoms with E-state index in [4.69, 9.17) is 15.2 Å². The lowest BCUT2D eigenvalue weighted by atomic mass is 9.88. The molecule has 4 rings (SSSR count). The third-order valence-corrected chi connectivity index (χ3v) is 7.21. The molecular formula is C23H22N3O4S2+. The molecular weight excluding hydrogens is 446 g/mol. The molecule has 0 aliphatic carbocycles. The zero-order chi connectivity index (χ0) is 22.7. The molecule has 2 aromatic heterocycles. The summed E-state index contributed by atoms with van der Waals surface area (Å²) < 4.78 is 10.8. The van der Waals surface area contributed by atoms with Gasteiger partial charge in [0.25, 0.3) is 5.69 Å². The van der Waals surface area contributed by atoms with Gasteiger partial charge in [-0.25, -0.2) is 4.98 Å². The minimum Gasteiger partial charge on any atom is -0.497 e. The number of thiophene rings is 1. The Hall–Kier alpha value is -3.43. The highest BCUT2D eigenvalue weighted by Gasteiger charge is 2.28. The fourth-order valence-electron chi connectivity index (χ4n) is 3.70. The Bertz CT molecular complexity index is 1220. The monoisotopic (exact) mass is 468 g/mol. The molecule has 0 saturated heterocycles. The fraction of sp³-hybridized carbons (Fsp3) is 0.174. The van der Waals surface area contributed by atoms with E-state index in [2.05, 4.69) is 11.1 Å². The standard InChI is InChI=1S/C23H21N3O4S2/c1-29-17-8-5-14(6-9-17)18(13-15-12-16(26(27)28)7-10-19(15)30-2)21-22(32-23(24)25-21)20-4-3-11-31-20/h3-12,18H,13H2,1-2H3,(H2,24,25)/p+1. The third-order valence-electron chi connectivity index (χ3n) is 5.22. The van der Waals surface area contributed by atoms with Crippen molar-refractivity contribution in [3.05, 3.63) is 86.9 Å². The lowest BCUT2D eigenvalue weighted by molar-refractivity contribution is -0.385. The molecule has 4 aromatic rings. The first-order chi connectivity index (χ1) is 15.5. The number of hydrogen-bond acceptors (Lipinski definition) is 7. The molecule has 32 heavy (non-hydrogen) atoms. The van der Waals surface area contributed by atoms with Crippen LogP contribution in [0.1, 0.15) is 22.7 Å². The van der Waals surface area contributed by atoms with E-state index >= 15 is 0 Å². The quantitative estimate of drug-likeness (QED) is 0.284. The van der Waals surface area contributed by atoms with Crippen LogP contribution in [0.3, 0.4) is 0 Å². The summed E-state index contributed by atoms with van der Waals surface area (Å²) in [7, 11) is 3.20. The average molecular weight is 469 g/mol. The van der Waals surface area contributed by atoms with E-state index in [0.29, 0.717) is 17.3 Å². The van der Waals surface area contributed by atoms with Gasteiger partial charge in [-0.2, -0.15) is 0 Å². The van der Waals surface area contributed by atoms with Crippen molar-refractivity contribution < 1.29 is 19.4 Å². The van der Waals surface area contributed by atoms with Crippen LogP contribution in [0.4, 0.5) is 10.8 Å². The van der Waals surface area contributed by atoms with Crippen molar-refractivity contribution >= 4 is 33.5 Å². The van der Waals surface area contributed by atoms with E-state index in [9.17, 15) is 10.1 Å². The van der Waals surface area contributed by atoms with Gasteiger partial charge in [-0.05, 0) is 53.0 Å². The molecule has 3 N–H and O–H groups in total. The van der Waals surface area contributed by atoms with Crippen molar-refractivity contribution in [2.24, 2.45) is 0 Å². The molecule has 1 atom stereocenters. The van der Waals surface area contributed by atoms with Crippen LogP contribution in [0.15, 0.2) is 60.0 Å². The number of anilines is 1. The van der Waals surface area contributed by atoms with E-state index < -0.39 is 4.92 Å². The first kappa shape index (κ1) is 21.8. The summed E-state index contributed by atoms with van der Waals surface area (Å²) in [6, 6.07) is 16.6. The summed E-state index contributed by atoms with van der Waals surface area (Å²) in [6.45, 7) is 0. The number of H-pyrrole nitrogens is 1. The van der Waals surface area contributed by atoms with Crippen LogP contribution in [0.5, 0.6) is 11.5 Å². The number of non-ortho nitro benzene ring substituents is 1. The van der Waals surface area contributed by atoms with E-state index in [1.165, 1.54) is 17.4 Å². The average Bonchev–Trinajstić information content (AvgIpc) is 3.47. The molecule has 0 fully saturated rings. The number of methoxy groups -OCH3 is 2. The SMILES string of the molecule is COc1ccc(C(Cc2cc([N+](=O)[O-])ccc2OC)c2[nH+]c(N)sc2-c2cccs2)cc1. The van der Waals surface area contributed by atoms with Gasteiger partial charge in [0.2, 0.25) is 0 Å². The zero-order valence-corrected chi connectivity index (χ0v) is 19.2. The Morgan fingerprint density at radius 3 is 2.53 bits per heavy atom. The smallest absolute Gasteiger partial charge is 0.330 e. The van der Waals surface area contributed by atoms with Gasteiger partial charge in [-0.15, -0.1) is 11.3 Å². The Labute approximate surface area is 193 Å². The number of ether oxygens (including phenoxy) is 2. The van der Waals surface area contributed by atoms with Crippen LogP contribution >= 0.6 is 22.7 Å². The summed E-state index contributed by atoms with van der Waals surface area (Å²) in [4.78, 5) is 16.5. The number of thiazole rings is 1. The number of aromatic amines is 1. The molecule has 2 heterocycles. The molecule has 0 aliphatic rings. The van der Waals surface area contributed by atoms with Crippen LogP contribution in [0.2, 0.25) is 0 Å².